The zero-order valence-electron chi connectivity index (χ0n) is 20.1. The van der Waals surface area contributed by atoms with Gasteiger partial charge in [0, 0.05) is 12.4 Å². The van der Waals surface area contributed by atoms with Crippen molar-refractivity contribution in [3.05, 3.63) is 158 Å². The van der Waals surface area contributed by atoms with Crippen molar-refractivity contribution in [2.45, 2.75) is 0 Å². The fourth-order valence-corrected chi connectivity index (χ4v) is 3.83. The minimum atomic E-state index is 0. The van der Waals surface area contributed by atoms with Crippen LogP contribution in [0.5, 0.6) is 0 Å². The van der Waals surface area contributed by atoms with Crippen molar-refractivity contribution in [2.24, 2.45) is 0 Å². The molecule has 0 amide bonds. The Balaban J connectivity index is 0.000000168. The summed E-state index contributed by atoms with van der Waals surface area (Å²) in [6.45, 7) is 0. The fourth-order valence-electron chi connectivity index (χ4n) is 3.83. The molecule has 180 valence electrons. The number of pyridine rings is 2. The molecule has 0 atom stereocenters. The molecule has 0 unspecified atom stereocenters. The van der Waals surface area contributed by atoms with E-state index < -0.39 is 0 Å². The molecule has 0 bridgehead atoms. The van der Waals surface area contributed by atoms with E-state index in [4.69, 9.17) is 0 Å². The molecule has 2 aromatic heterocycles. The van der Waals surface area contributed by atoms with Crippen LogP contribution in [0.2, 0.25) is 0 Å². The van der Waals surface area contributed by atoms with Gasteiger partial charge >= 0.3 is 21.1 Å². The number of nitrogens with zero attached hydrogens (tertiary/aromatic N) is 2. The Morgan fingerprint density at radius 2 is 0.784 bits per heavy atom. The van der Waals surface area contributed by atoms with Crippen LogP contribution in [-0.2, 0) is 21.1 Å². The van der Waals surface area contributed by atoms with Gasteiger partial charge < -0.3 is 9.97 Å². The maximum absolute atomic E-state index is 4.32. The maximum Gasteiger partial charge on any atom is 2.00 e. The van der Waals surface area contributed by atoms with Crippen LogP contribution in [0.4, 0.5) is 0 Å². The van der Waals surface area contributed by atoms with E-state index in [0.29, 0.717) is 0 Å². The minimum absolute atomic E-state index is 0. The molecule has 0 spiro atoms. The normalized spacial score (nSPS) is 9.95. The van der Waals surface area contributed by atoms with E-state index in [1.54, 1.807) is 12.4 Å². The second-order valence-electron chi connectivity index (χ2n) is 8.14. The average Bonchev–Trinajstić information content (AvgIpc) is 2.99. The predicted octanol–water partition coefficient (Wildman–Crippen LogP) is 8.43. The Kier molecular flexibility index (Phi) is 9.29. The molecule has 2 heterocycles. The Hall–Kier alpha value is -4.13. The smallest absolute Gasteiger partial charge is 0.305 e. The monoisotopic (exact) mass is 655 g/mol. The summed E-state index contributed by atoms with van der Waals surface area (Å²) in [4.78, 5) is 8.64. The Morgan fingerprint density at radius 3 is 1.11 bits per heavy atom. The maximum atomic E-state index is 4.32. The van der Waals surface area contributed by atoms with Gasteiger partial charge in [-0.1, -0.05) is 107 Å². The molecule has 4 aromatic carbocycles. The summed E-state index contributed by atoms with van der Waals surface area (Å²) in [5.74, 6) is 0. The molecule has 0 saturated carbocycles. The molecule has 2 nitrogen and oxygen atoms in total. The number of aromatic nitrogens is 2. The molecule has 6 rings (SSSR count). The first-order valence-corrected chi connectivity index (χ1v) is 11.8. The molecule has 0 aliphatic carbocycles. The molecule has 3 heteroatoms. The number of hydrogen-bond acceptors (Lipinski definition) is 2. The molecule has 0 N–H and O–H groups in total. The zero-order chi connectivity index (χ0) is 24.4. The van der Waals surface area contributed by atoms with Gasteiger partial charge in [0.15, 0.2) is 0 Å². The van der Waals surface area contributed by atoms with Crippen LogP contribution < -0.4 is 0 Å². The third-order valence-electron chi connectivity index (χ3n) is 5.72. The van der Waals surface area contributed by atoms with Gasteiger partial charge in [-0.05, 0) is 23.5 Å². The van der Waals surface area contributed by atoms with Crippen LogP contribution in [0, 0.1) is 12.1 Å². The van der Waals surface area contributed by atoms with E-state index in [1.165, 1.54) is 22.3 Å². The fraction of sp³-hybridized carbons (Fsp3) is 0. The largest absolute Gasteiger partial charge is 2.00 e. The molecule has 0 aliphatic rings. The van der Waals surface area contributed by atoms with Crippen LogP contribution >= 0.6 is 0 Å². The minimum Gasteiger partial charge on any atom is -0.305 e. The van der Waals surface area contributed by atoms with Crippen molar-refractivity contribution in [1.29, 1.82) is 0 Å². The molecule has 6 aromatic rings. The van der Waals surface area contributed by atoms with E-state index in [-0.39, 0.29) is 21.1 Å². The van der Waals surface area contributed by atoms with Crippen LogP contribution in [0.15, 0.2) is 146 Å². The van der Waals surface area contributed by atoms with Crippen LogP contribution in [0.25, 0.3) is 44.8 Å². The molecular weight excluding hydrogens is 631 g/mol. The SMILES string of the molecule is [Pt+2].[c-]1cc(-c2ccccc2)ccc1-c1ccccn1.[c-]1cc(-c2ccccc2)ccc1-c1ccccn1. The summed E-state index contributed by atoms with van der Waals surface area (Å²) in [7, 11) is 0. The van der Waals surface area contributed by atoms with Gasteiger partial charge in [0.2, 0.25) is 0 Å². The first kappa shape index (κ1) is 25.9. The Labute approximate surface area is 233 Å². The van der Waals surface area contributed by atoms with E-state index in [2.05, 4.69) is 70.6 Å². The van der Waals surface area contributed by atoms with Gasteiger partial charge in [-0.15, -0.1) is 59.7 Å². The molecule has 0 radical (unpaired) electrons. The molecular formula is C34H24N2Pt. The first-order chi connectivity index (χ1) is 17.9. The molecule has 37 heavy (non-hydrogen) atoms. The second-order valence-corrected chi connectivity index (χ2v) is 8.14. The number of benzene rings is 4. The summed E-state index contributed by atoms with van der Waals surface area (Å²) in [5, 5.41) is 0. The van der Waals surface area contributed by atoms with Crippen molar-refractivity contribution >= 4 is 0 Å². The summed E-state index contributed by atoms with van der Waals surface area (Å²) < 4.78 is 0. The summed E-state index contributed by atoms with van der Waals surface area (Å²) >= 11 is 0. The quantitative estimate of drug-likeness (QED) is 0.178. The van der Waals surface area contributed by atoms with E-state index in [1.807, 2.05) is 84.9 Å². The molecule has 0 fully saturated rings. The summed E-state index contributed by atoms with van der Waals surface area (Å²) in [6.07, 6.45) is 3.60. The molecule has 0 aliphatic heterocycles. The van der Waals surface area contributed by atoms with Gasteiger partial charge in [0.1, 0.15) is 0 Å². The predicted molar refractivity (Wildman–Crippen MR) is 148 cm³/mol. The van der Waals surface area contributed by atoms with Crippen LogP contribution in [-0.4, -0.2) is 9.97 Å². The second kappa shape index (κ2) is 13.3. The standard InChI is InChI=1S/2C17H12N.Pt/c2*1-2-6-14(7-3-1)15-9-11-16(12-10-15)17-8-4-5-13-18-17;/h2*1-11,13H;/q2*-1;+2. The molecule has 0 saturated heterocycles. The Morgan fingerprint density at radius 1 is 0.378 bits per heavy atom. The van der Waals surface area contributed by atoms with Gasteiger partial charge in [0.05, 0.1) is 0 Å². The average molecular weight is 656 g/mol. The number of rotatable bonds is 4. The van der Waals surface area contributed by atoms with Crippen molar-refractivity contribution in [3.8, 4) is 44.8 Å². The van der Waals surface area contributed by atoms with E-state index >= 15 is 0 Å². The third-order valence-corrected chi connectivity index (χ3v) is 5.72. The Bertz CT molecular complexity index is 1230. The van der Waals surface area contributed by atoms with Gasteiger partial charge in [0.25, 0.3) is 0 Å². The van der Waals surface area contributed by atoms with E-state index in [9.17, 15) is 0 Å². The van der Waals surface area contributed by atoms with Gasteiger partial charge in [-0.3, -0.25) is 0 Å². The van der Waals surface area contributed by atoms with Crippen molar-refractivity contribution in [3.63, 3.8) is 0 Å². The summed E-state index contributed by atoms with van der Waals surface area (Å²) in [5.41, 5.74) is 8.73. The van der Waals surface area contributed by atoms with Crippen LogP contribution in [0.1, 0.15) is 0 Å². The van der Waals surface area contributed by atoms with E-state index in [0.717, 1.165) is 22.5 Å². The van der Waals surface area contributed by atoms with Crippen LogP contribution in [0.3, 0.4) is 0 Å². The van der Waals surface area contributed by atoms with Crippen molar-refractivity contribution in [1.82, 2.24) is 9.97 Å². The summed E-state index contributed by atoms with van der Waals surface area (Å²) in [6, 6.07) is 51.4. The van der Waals surface area contributed by atoms with Gasteiger partial charge in [-0.2, -0.15) is 0 Å². The van der Waals surface area contributed by atoms with Crippen molar-refractivity contribution in [2.75, 3.05) is 0 Å². The zero-order valence-corrected chi connectivity index (χ0v) is 22.3. The first-order valence-electron chi connectivity index (χ1n) is 11.8. The van der Waals surface area contributed by atoms with Crippen molar-refractivity contribution < 1.29 is 21.1 Å². The topological polar surface area (TPSA) is 25.8 Å². The third kappa shape index (κ3) is 6.97. The van der Waals surface area contributed by atoms with Gasteiger partial charge in [-0.25, -0.2) is 0 Å². The number of hydrogen-bond donors (Lipinski definition) is 0.